The van der Waals surface area contributed by atoms with Crippen molar-refractivity contribution in [1.82, 2.24) is 4.98 Å². The van der Waals surface area contributed by atoms with Gasteiger partial charge in [0.25, 0.3) is 0 Å². The molecule has 0 aliphatic rings. The van der Waals surface area contributed by atoms with Gasteiger partial charge in [-0.15, -0.1) is 11.3 Å². The summed E-state index contributed by atoms with van der Waals surface area (Å²) in [6, 6.07) is 17.6. The van der Waals surface area contributed by atoms with Gasteiger partial charge in [0.2, 0.25) is 5.13 Å². The Hall–Kier alpha value is -2.60. The first-order chi connectivity index (χ1) is 13.6. The topological polar surface area (TPSA) is 46.5 Å². The first-order valence-corrected chi connectivity index (χ1v) is 10.0. The Kier molecular flexibility index (Phi) is 5.48. The highest BCUT2D eigenvalue weighted by atomic mass is 35.5. The van der Waals surface area contributed by atoms with Gasteiger partial charge in [-0.2, -0.15) is 5.10 Å². The molecule has 0 saturated heterocycles. The van der Waals surface area contributed by atoms with E-state index in [9.17, 15) is 0 Å². The van der Waals surface area contributed by atoms with E-state index in [1.54, 1.807) is 25.5 Å². The van der Waals surface area contributed by atoms with Crippen molar-refractivity contribution in [3.05, 3.63) is 75.6 Å². The molecule has 0 atom stereocenters. The number of methoxy groups -OCH3 is 1. The van der Waals surface area contributed by atoms with Gasteiger partial charge in [0.1, 0.15) is 5.75 Å². The van der Waals surface area contributed by atoms with Crippen LogP contribution in [0, 0.1) is 0 Å². The molecule has 0 fully saturated rings. The maximum absolute atomic E-state index is 6.08. The summed E-state index contributed by atoms with van der Waals surface area (Å²) >= 11 is 13.5. The largest absolute Gasteiger partial charge is 0.497 e. The fourth-order valence-electron chi connectivity index (χ4n) is 2.72. The maximum Gasteiger partial charge on any atom is 0.203 e. The van der Waals surface area contributed by atoms with Crippen molar-refractivity contribution >= 4 is 56.7 Å². The van der Waals surface area contributed by atoms with Gasteiger partial charge in [-0.05, 0) is 46.7 Å². The highest BCUT2D eigenvalue weighted by molar-refractivity contribution is 7.14. The molecule has 0 spiro atoms. The standard InChI is InChI=1S/C21H15Cl2N3OS/c1-27-17-6-4-14-8-13(2-3-15(14)9-17)11-24-26-21-25-20(12-28-21)16-5-7-18(22)19(23)10-16/h2-12H,1H3,(H,25,26)/b24-11+. The van der Waals surface area contributed by atoms with Crippen LogP contribution in [-0.2, 0) is 0 Å². The van der Waals surface area contributed by atoms with Gasteiger partial charge in [0, 0.05) is 10.9 Å². The van der Waals surface area contributed by atoms with Crippen LogP contribution in [0.2, 0.25) is 10.0 Å². The second-order valence-electron chi connectivity index (χ2n) is 6.01. The van der Waals surface area contributed by atoms with Crippen LogP contribution in [0.3, 0.4) is 0 Å². The third-order valence-electron chi connectivity index (χ3n) is 4.16. The van der Waals surface area contributed by atoms with Crippen molar-refractivity contribution < 1.29 is 4.74 Å². The summed E-state index contributed by atoms with van der Waals surface area (Å²) in [6.07, 6.45) is 1.77. The lowest BCUT2D eigenvalue weighted by Crippen LogP contribution is -1.90. The first-order valence-electron chi connectivity index (χ1n) is 8.40. The number of thiazole rings is 1. The highest BCUT2D eigenvalue weighted by Gasteiger charge is 2.06. The number of hydrazone groups is 1. The summed E-state index contributed by atoms with van der Waals surface area (Å²) in [5, 5.41) is 10.2. The molecule has 7 heteroatoms. The molecule has 0 aliphatic carbocycles. The lowest BCUT2D eigenvalue weighted by atomic mass is 10.1. The Morgan fingerprint density at radius 2 is 1.82 bits per heavy atom. The van der Waals surface area contributed by atoms with Gasteiger partial charge < -0.3 is 4.74 Å². The van der Waals surface area contributed by atoms with Crippen molar-refractivity contribution in [2.75, 3.05) is 12.5 Å². The molecule has 0 saturated carbocycles. The molecule has 1 N–H and O–H groups in total. The molecule has 0 unspecified atom stereocenters. The fraction of sp³-hybridized carbons (Fsp3) is 0.0476. The summed E-state index contributed by atoms with van der Waals surface area (Å²) in [7, 11) is 1.67. The fourth-order valence-corrected chi connectivity index (χ4v) is 3.69. The van der Waals surface area contributed by atoms with E-state index in [1.807, 2.05) is 41.8 Å². The van der Waals surface area contributed by atoms with E-state index in [-0.39, 0.29) is 0 Å². The minimum absolute atomic E-state index is 0.508. The number of nitrogens with zero attached hydrogens (tertiary/aromatic N) is 2. The van der Waals surface area contributed by atoms with Crippen LogP contribution in [-0.4, -0.2) is 18.3 Å². The van der Waals surface area contributed by atoms with Crippen LogP contribution in [0.5, 0.6) is 5.75 Å². The molecule has 0 amide bonds. The Bertz CT molecular complexity index is 1170. The van der Waals surface area contributed by atoms with Gasteiger partial charge in [0.15, 0.2) is 0 Å². The molecule has 140 valence electrons. The molecule has 4 rings (SSSR count). The van der Waals surface area contributed by atoms with Crippen LogP contribution in [0.25, 0.3) is 22.0 Å². The smallest absolute Gasteiger partial charge is 0.203 e. The van der Waals surface area contributed by atoms with E-state index in [0.29, 0.717) is 15.2 Å². The SMILES string of the molecule is COc1ccc2cc(/C=N/Nc3nc(-c4ccc(Cl)c(Cl)c4)cs3)ccc2c1. The van der Waals surface area contributed by atoms with Crippen molar-refractivity contribution in [3.63, 3.8) is 0 Å². The molecule has 4 nitrogen and oxygen atoms in total. The van der Waals surface area contributed by atoms with Gasteiger partial charge >= 0.3 is 0 Å². The number of aromatic nitrogens is 1. The molecule has 1 aromatic heterocycles. The number of nitrogens with one attached hydrogen (secondary N) is 1. The number of rotatable bonds is 5. The van der Waals surface area contributed by atoms with Gasteiger partial charge in [-0.3, -0.25) is 5.43 Å². The summed E-state index contributed by atoms with van der Waals surface area (Å²) in [5.74, 6) is 0.845. The van der Waals surface area contributed by atoms with Crippen LogP contribution in [0.1, 0.15) is 5.56 Å². The zero-order valence-corrected chi connectivity index (χ0v) is 17.1. The number of hydrogen-bond acceptors (Lipinski definition) is 5. The number of fused-ring (bicyclic) bond motifs is 1. The van der Waals surface area contributed by atoms with E-state index < -0.39 is 0 Å². The van der Waals surface area contributed by atoms with Crippen molar-refractivity contribution in [3.8, 4) is 17.0 Å². The molecular weight excluding hydrogens is 413 g/mol. The molecule has 1 heterocycles. The van der Waals surface area contributed by atoms with E-state index in [0.717, 1.165) is 33.3 Å². The highest BCUT2D eigenvalue weighted by Crippen LogP contribution is 2.30. The Morgan fingerprint density at radius 3 is 2.64 bits per heavy atom. The summed E-state index contributed by atoms with van der Waals surface area (Å²) in [4.78, 5) is 4.53. The Morgan fingerprint density at radius 1 is 1.00 bits per heavy atom. The number of hydrogen-bond donors (Lipinski definition) is 1. The molecule has 0 aliphatic heterocycles. The minimum Gasteiger partial charge on any atom is -0.497 e. The van der Waals surface area contributed by atoms with Crippen LogP contribution < -0.4 is 10.2 Å². The van der Waals surface area contributed by atoms with Crippen LogP contribution in [0.15, 0.2) is 65.1 Å². The van der Waals surface area contributed by atoms with Crippen molar-refractivity contribution in [2.45, 2.75) is 0 Å². The number of halogens is 2. The lowest BCUT2D eigenvalue weighted by molar-refractivity contribution is 0.415. The van der Waals surface area contributed by atoms with Crippen molar-refractivity contribution in [1.29, 1.82) is 0 Å². The second-order valence-corrected chi connectivity index (χ2v) is 7.68. The Labute approximate surface area is 176 Å². The molecule has 4 aromatic rings. The molecule has 0 radical (unpaired) electrons. The summed E-state index contributed by atoms with van der Waals surface area (Å²) in [5.41, 5.74) is 5.70. The number of benzene rings is 3. The zero-order valence-electron chi connectivity index (χ0n) is 14.8. The predicted molar refractivity (Wildman–Crippen MR) is 119 cm³/mol. The average molecular weight is 428 g/mol. The molecule has 28 heavy (non-hydrogen) atoms. The molecular formula is C21H15Cl2N3OS. The monoisotopic (exact) mass is 427 g/mol. The second kappa shape index (κ2) is 8.19. The van der Waals surface area contributed by atoms with E-state index >= 15 is 0 Å². The first kappa shape index (κ1) is 18.7. The third kappa shape index (κ3) is 4.12. The molecule has 0 bridgehead atoms. The lowest BCUT2D eigenvalue weighted by Gasteiger charge is -2.03. The third-order valence-corrected chi connectivity index (χ3v) is 5.65. The Balaban J connectivity index is 1.47. The van der Waals surface area contributed by atoms with E-state index in [2.05, 4.69) is 21.6 Å². The van der Waals surface area contributed by atoms with E-state index in [1.165, 1.54) is 11.3 Å². The van der Waals surface area contributed by atoms with Crippen molar-refractivity contribution in [2.24, 2.45) is 5.10 Å². The summed E-state index contributed by atoms with van der Waals surface area (Å²) in [6.45, 7) is 0. The van der Waals surface area contributed by atoms with Gasteiger partial charge in [-0.1, -0.05) is 47.5 Å². The number of anilines is 1. The van der Waals surface area contributed by atoms with Gasteiger partial charge in [0.05, 0.1) is 29.1 Å². The predicted octanol–water partition coefficient (Wildman–Crippen LogP) is 6.72. The maximum atomic E-state index is 6.08. The van der Waals surface area contributed by atoms with Crippen LogP contribution >= 0.6 is 34.5 Å². The number of ether oxygens (including phenoxy) is 1. The van der Waals surface area contributed by atoms with Gasteiger partial charge in [-0.25, -0.2) is 4.98 Å². The average Bonchev–Trinajstić information content (AvgIpc) is 3.18. The quantitative estimate of drug-likeness (QED) is 0.283. The van der Waals surface area contributed by atoms with Crippen LogP contribution in [0.4, 0.5) is 5.13 Å². The summed E-state index contributed by atoms with van der Waals surface area (Å²) < 4.78 is 5.26. The van der Waals surface area contributed by atoms with E-state index in [4.69, 9.17) is 27.9 Å². The zero-order chi connectivity index (χ0) is 19.5. The molecule has 3 aromatic carbocycles. The normalized spacial score (nSPS) is 11.2. The minimum atomic E-state index is 0.508.